The molecule has 5 rings (SSSR count). The first kappa shape index (κ1) is 16.3. The zero-order chi connectivity index (χ0) is 18.1. The molecule has 1 saturated heterocycles. The minimum Gasteiger partial charge on any atom is -0.481 e. The number of aromatic amines is 1. The second-order valence-corrected chi connectivity index (χ2v) is 8.63. The Balaban J connectivity index is 1.60. The van der Waals surface area contributed by atoms with E-state index in [4.69, 9.17) is 0 Å². The number of fused-ring (bicyclic) bond motifs is 6. The molecule has 1 aliphatic carbocycles. The first-order chi connectivity index (χ1) is 12.5. The molecule has 0 radical (unpaired) electrons. The second kappa shape index (κ2) is 5.57. The lowest BCUT2D eigenvalue weighted by molar-refractivity contribution is -0.159. The van der Waals surface area contributed by atoms with Crippen molar-refractivity contribution in [2.24, 2.45) is 17.8 Å². The largest absolute Gasteiger partial charge is 0.481 e. The van der Waals surface area contributed by atoms with Crippen LogP contribution in [0.25, 0.3) is 10.9 Å². The summed E-state index contributed by atoms with van der Waals surface area (Å²) in [4.78, 5) is 18.1. The van der Waals surface area contributed by atoms with Crippen LogP contribution in [0.5, 0.6) is 0 Å². The molecular weight excluding hydrogens is 328 g/mol. The Labute approximate surface area is 153 Å². The Bertz CT molecular complexity index is 875. The van der Waals surface area contributed by atoms with Crippen molar-refractivity contribution in [1.29, 1.82) is 0 Å². The van der Waals surface area contributed by atoms with Gasteiger partial charge >= 0.3 is 5.97 Å². The Morgan fingerprint density at radius 2 is 2.12 bits per heavy atom. The summed E-state index contributed by atoms with van der Waals surface area (Å²) in [6, 6.07) is 8.44. The molecule has 2 aromatic rings. The maximum absolute atomic E-state index is 11.9. The summed E-state index contributed by atoms with van der Waals surface area (Å²) < 4.78 is 0. The fourth-order valence-electron chi connectivity index (χ4n) is 6.06. The highest BCUT2D eigenvalue weighted by atomic mass is 16.4. The zero-order valence-electron chi connectivity index (χ0n) is 15.1. The van der Waals surface area contributed by atoms with E-state index in [9.17, 15) is 15.0 Å². The molecule has 0 spiro atoms. The predicted molar refractivity (Wildman–Crippen MR) is 98.9 cm³/mol. The van der Waals surface area contributed by atoms with Gasteiger partial charge in [-0.3, -0.25) is 9.69 Å². The van der Waals surface area contributed by atoms with Gasteiger partial charge in [0, 0.05) is 29.7 Å². The van der Waals surface area contributed by atoms with Crippen LogP contribution in [0.3, 0.4) is 0 Å². The molecule has 5 nitrogen and oxygen atoms in total. The number of rotatable bonds is 1. The van der Waals surface area contributed by atoms with E-state index in [-0.39, 0.29) is 11.5 Å². The van der Waals surface area contributed by atoms with Crippen LogP contribution in [0.15, 0.2) is 24.3 Å². The van der Waals surface area contributed by atoms with Gasteiger partial charge in [0.05, 0.1) is 17.6 Å². The third kappa shape index (κ3) is 2.13. The number of carbonyl (C=O) groups is 1. The summed E-state index contributed by atoms with van der Waals surface area (Å²) in [6.07, 6.45) is 2.67. The maximum atomic E-state index is 11.9. The average molecular weight is 354 g/mol. The van der Waals surface area contributed by atoms with Gasteiger partial charge in [0.25, 0.3) is 0 Å². The summed E-state index contributed by atoms with van der Waals surface area (Å²) in [5.41, 5.74) is 3.63. The van der Waals surface area contributed by atoms with Gasteiger partial charge in [0.2, 0.25) is 0 Å². The third-order valence-corrected chi connectivity index (χ3v) is 7.37. The van der Waals surface area contributed by atoms with Gasteiger partial charge in [0.1, 0.15) is 0 Å². The summed E-state index contributed by atoms with van der Waals surface area (Å²) >= 11 is 0. The Morgan fingerprint density at radius 3 is 2.92 bits per heavy atom. The molecule has 1 saturated carbocycles. The molecule has 3 N–H and O–H groups in total. The molecule has 1 aromatic heterocycles. The fourth-order valence-corrected chi connectivity index (χ4v) is 6.06. The van der Waals surface area contributed by atoms with Crippen LogP contribution in [-0.4, -0.2) is 45.3 Å². The van der Waals surface area contributed by atoms with E-state index in [1.54, 1.807) is 0 Å². The van der Waals surface area contributed by atoms with Crippen molar-refractivity contribution in [3.63, 3.8) is 0 Å². The number of nitrogens with zero attached hydrogens (tertiary/aromatic N) is 1. The number of H-pyrrole nitrogens is 1. The highest BCUT2D eigenvalue weighted by Gasteiger charge is 2.53. The van der Waals surface area contributed by atoms with E-state index in [2.05, 4.69) is 41.1 Å². The van der Waals surface area contributed by atoms with Gasteiger partial charge in [-0.2, -0.15) is 0 Å². The highest BCUT2D eigenvalue weighted by molar-refractivity contribution is 5.85. The van der Waals surface area contributed by atoms with E-state index in [0.717, 1.165) is 32.4 Å². The SMILES string of the molecule is C[C@@]12C[C@H]3C(CC[C@H](O)[C@@H]3C(=O)O)CN1CCc1c2[nH]c2ccccc12. The fraction of sp³-hybridized carbons (Fsp3) is 0.571. The van der Waals surface area contributed by atoms with Crippen LogP contribution in [0.4, 0.5) is 0 Å². The molecule has 3 aliphatic rings. The third-order valence-electron chi connectivity index (χ3n) is 7.37. The first-order valence-electron chi connectivity index (χ1n) is 9.75. The monoisotopic (exact) mass is 354 g/mol. The number of carboxylic acids is 1. The summed E-state index contributed by atoms with van der Waals surface area (Å²) in [5.74, 6) is -1.06. The molecule has 2 fully saturated rings. The number of hydrogen-bond acceptors (Lipinski definition) is 3. The van der Waals surface area contributed by atoms with E-state index < -0.39 is 18.0 Å². The summed E-state index contributed by atoms with van der Waals surface area (Å²) in [6.45, 7) is 4.22. The maximum Gasteiger partial charge on any atom is 0.309 e. The number of nitrogens with one attached hydrogen (secondary N) is 1. The van der Waals surface area contributed by atoms with E-state index in [1.165, 1.54) is 22.2 Å². The predicted octanol–water partition coefficient (Wildman–Crippen LogP) is 2.73. The molecule has 0 amide bonds. The molecule has 3 heterocycles. The molecule has 5 atom stereocenters. The molecule has 138 valence electrons. The Morgan fingerprint density at radius 1 is 1.31 bits per heavy atom. The average Bonchev–Trinajstić information content (AvgIpc) is 3.00. The van der Waals surface area contributed by atoms with Crippen molar-refractivity contribution in [1.82, 2.24) is 9.88 Å². The number of carboxylic acid groups (broad SMARTS) is 1. The first-order valence-corrected chi connectivity index (χ1v) is 9.75. The second-order valence-electron chi connectivity index (χ2n) is 8.63. The van der Waals surface area contributed by atoms with Crippen molar-refractivity contribution in [3.8, 4) is 0 Å². The topological polar surface area (TPSA) is 76.6 Å². The molecule has 1 unspecified atom stereocenters. The summed E-state index contributed by atoms with van der Waals surface area (Å²) in [7, 11) is 0. The van der Waals surface area contributed by atoms with E-state index >= 15 is 0 Å². The lowest BCUT2D eigenvalue weighted by Crippen LogP contribution is -2.60. The smallest absolute Gasteiger partial charge is 0.309 e. The number of para-hydroxylation sites is 1. The van der Waals surface area contributed by atoms with Gasteiger partial charge in [-0.15, -0.1) is 0 Å². The normalized spacial score (nSPS) is 37.0. The van der Waals surface area contributed by atoms with Gasteiger partial charge in [-0.1, -0.05) is 18.2 Å². The summed E-state index contributed by atoms with van der Waals surface area (Å²) in [5, 5.41) is 21.4. The number of aliphatic carboxylic acids is 1. The number of hydrogen-bond donors (Lipinski definition) is 3. The van der Waals surface area contributed by atoms with Crippen molar-refractivity contribution >= 4 is 16.9 Å². The van der Waals surface area contributed by atoms with Crippen LogP contribution in [-0.2, 0) is 16.8 Å². The van der Waals surface area contributed by atoms with Gasteiger partial charge in [-0.05, 0) is 56.1 Å². The number of benzene rings is 1. The number of aromatic nitrogens is 1. The van der Waals surface area contributed by atoms with Crippen molar-refractivity contribution in [3.05, 3.63) is 35.5 Å². The van der Waals surface area contributed by atoms with Crippen LogP contribution in [0.2, 0.25) is 0 Å². The van der Waals surface area contributed by atoms with E-state index in [1.807, 2.05) is 0 Å². The molecule has 1 aromatic carbocycles. The Hall–Kier alpha value is -1.85. The van der Waals surface area contributed by atoms with Crippen molar-refractivity contribution in [2.75, 3.05) is 13.1 Å². The van der Waals surface area contributed by atoms with Crippen LogP contribution >= 0.6 is 0 Å². The standard InChI is InChI=1S/C21H26N2O3/c1-21-10-15-12(6-7-17(24)18(15)20(25)26)11-23(21)9-8-14-13-4-2-3-5-16(13)22-19(14)21/h2-5,12,15,17-18,22,24H,6-11H2,1H3,(H,25,26)/t12?,15-,17-,18+,21-/m0/s1. The van der Waals surface area contributed by atoms with Crippen molar-refractivity contribution in [2.45, 2.75) is 44.2 Å². The van der Waals surface area contributed by atoms with E-state index in [0.29, 0.717) is 12.3 Å². The highest BCUT2D eigenvalue weighted by Crippen LogP contribution is 2.52. The van der Waals surface area contributed by atoms with Gasteiger partial charge < -0.3 is 15.2 Å². The number of piperidine rings is 1. The lowest BCUT2D eigenvalue weighted by Gasteiger charge is -2.56. The van der Waals surface area contributed by atoms with Gasteiger partial charge in [-0.25, -0.2) is 0 Å². The molecule has 0 bridgehead atoms. The zero-order valence-corrected chi connectivity index (χ0v) is 15.1. The lowest BCUT2D eigenvalue weighted by atomic mass is 9.61. The molecule has 2 aliphatic heterocycles. The molecular formula is C21H26N2O3. The van der Waals surface area contributed by atoms with Gasteiger partial charge in [0.15, 0.2) is 0 Å². The number of aliphatic hydroxyl groups excluding tert-OH is 1. The number of aliphatic hydroxyl groups is 1. The minimum atomic E-state index is -0.836. The van der Waals surface area contributed by atoms with Crippen LogP contribution in [0, 0.1) is 17.8 Å². The Kier molecular flexibility index (Phi) is 3.50. The minimum absolute atomic E-state index is 0.0369. The quantitative estimate of drug-likeness (QED) is 0.736. The molecule has 26 heavy (non-hydrogen) atoms. The molecule has 5 heteroatoms. The van der Waals surface area contributed by atoms with Crippen LogP contribution < -0.4 is 0 Å². The van der Waals surface area contributed by atoms with Crippen LogP contribution in [0.1, 0.15) is 37.4 Å². The van der Waals surface area contributed by atoms with Crippen molar-refractivity contribution < 1.29 is 15.0 Å².